The summed E-state index contributed by atoms with van der Waals surface area (Å²) < 4.78 is 0.263. The molecular formula is C13H19N3O2S. The number of hydrogen-bond acceptors (Lipinski definition) is 5. The van der Waals surface area contributed by atoms with Crippen molar-refractivity contribution in [2.75, 3.05) is 23.9 Å². The molecule has 3 N–H and O–H groups in total. The Morgan fingerprint density at radius 2 is 2.11 bits per heavy atom. The molecule has 0 atom stereocenters. The summed E-state index contributed by atoms with van der Waals surface area (Å²) in [5.74, 6) is 0. The van der Waals surface area contributed by atoms with Crippen molar-refractivity contribution in [2.45, 2.75) is 30.4 Å². The van der Waals surface area contributed by atoms with Gasteiger partial charge >= 0.3 is 0 Å². The van der Waals surface area contributed by atoms with Crippen LogP contribution in [0.25, 0.3) is 0 Å². The number of benzene rings is 1. The number of nitro benzene ring substituents is 1. The summed E-state index contributed by atoms with van der Waals surface area (Å²) in [5.41, 5.74) is 6.88. The SMILES string of the molecule is CSC1(CNc2cc(N)cc([N+](=O)[O-])c2)CCCC1. The fourth-order valence-electron chi connectivity index (χ4n) is 2.58. The monoisotopic (exact) mass is 281 g/mol. The second kappa shape index (κ2) is 5.69. The molecule has 2 rings (SSSR count). The molecule has 0 spiro atoms. The summed E-state index contributed by atoms with van der Waals surface area (Å²) in [6.07, 6.45) is 7.06. The van der Waals surface area contributed by atoms with Crippen molar-refractivity contribution < 1.29 is 4.92 Å². The van der Waals surface area contributed by atoms with E-state index in [1.807, 2.05) is 11.8 Å². The van der Waals surface area contributed by atoms with E-state index in [9.17, 15) is 10.1 Å². The normalized spacial score (nSPS) is 17.3. The summed E-state index contributed by atoms with van der Waals surface area (Å²) >= 11 is 1.89. The van der Waals surface area contributed by atoms with E-state index in [1.165, 1.54) is 31.7 Å². The molecule has 0 bridgehead atoms. The van der Waals surface area contributed by atoms with Crippen molar-refractivity contribution in [1.29, 1.82) is 0 Å². The Labute approximate surface area is 117 Å². The van der Waals surface area contributed by atoms with Crippen LogP contribution in [0, 0.1) is 10.1 Å². The van der Waals surface area contributed by atoms with Crippen LogP contribution in [0.5, 0.6) is 0 Å². The van der Waals surface area contributed by atoms with Gasteiger partial charge in [0.1, 0.15) is 0 Å². The first-order chi connectivity index (χ1) is 9.04. The number of nitrogens with zero attached hydrogens (tertiary/aromatic N) is 1. The predicted molar refractivity (Wildman–Crippen MR) is 80.7 cm³/mol. The number of nitro groups is 1. The molecule has 1 aromatic carbocycles. The smallest absolute Gasteiger partial charge is 0.273 e. The number of rotatable bonds is 5. The maximum atomic E-state index is 10.8. The molecule has 0 saturated heterocycles. The van der Waals surface area contributed by atoms with Crippen molar-refractivity contribution in [1.82, 2.24) is 0 Å². The third-order valence-electron chi connectivity index (χ3n) is 3.71. The van der Waals surface area contributed by atoms with Gasteiger partial charge < -0.3 is 11.1 Å². The lowest BCUT2D eigenvalue weighted by Gasteiger charge is -2.27. The van der Waals surface area contributed by atoms with Gasteiger partial charge in [-0.3, -0.25) is 10.1 Å². The fourth-order valence-corrected chi connectivity index (χ4v) is 3.49. The maximum absolute atomic E-state index is 10.8. The molecule has 104 valence electrons. The van der Waals surface area contributed by atoms with Crippen LogP contribution in [-0.4, -0.2) is 22.5 Å². The largest absolute Gasteiger partial charge is 0.398 e. The van der Waals surface area contributed by atoms with Crippen LogP contribution in [0.1, 0.15) is 25.7 Å². The molecule has 19 heavy (non-hydrogen) atoms. The van der Waals surface area contributed by atoms with Crippen molar-refractivity contribution in [3.05, 3.63) is 28.3 Å². The first-order valence-corrected chi connectivity index (χ1v) is 7.61. The third-order valence-corrected chi connectivity index (χ3v) is 5.13. The Hall–Kier alpha value is -1.43. The minimum Gasteiger partial charge on any atom is -0.398 e. The highest BCUT2D eigenvalue weighted by Crippen LogP contribution is 2.40. The van der Waals surface area contributed by atoms with Crippen molar-refractivity contribution in [3.63, 3.8) is 0 Å². The molecule has 1 aliphatic rings. The minimum atomic E-state index is -0.415. The van der Waals surface area contributed by atoms with E-state index in [2.05, 4.69) is 11.6 Å². The highest BCUT2D eigenvalue weighted by Gasteiger charge is 2.32. The fraction of sp³-hybridized carbons (Fsp3) is 0.538. The van der Waals surface area contributed by atoms with Gasteiger partial charge in [-0.15, -0.1) is 0 Å². The van der Waals surface area contributed by atoms with E-state index in [0.29, 0.717) is 5.69 Å². The zero-order valence-electron chi connectivity index (χ0n) is 11.0. The molecule has 1 aromatic rings. The number of anilines is 2. The molecule has 6 heteroatoms. The molecule has 5 nitrogen and oxygen atoms in total. The summed E-state index contributed by atoms with van der Waals surface area (Å²) in [6.45, 7) is 0.828. The van der Waals surface area contributed by atoms with Gasteiger partial charge in [-0.2, -0.15) is 11.8 Å². The average molecular weight is 281 g/mol. The predicted octanol–water partition coefficient (Wildman–Crippen LogP) is 3.26. The molecule has 1 saturated carbocycles. The molecule has 0 unspecified atom stereocenters. The van der Waals surface area contributed by atoms with Gasteiger partial charge in [0.05, 0.1) is 4.92 Å². The molecule has 1 aliphatic carbocycles. The van der Waals surface area contributed by atoms with Crippen molar-refractivity contribution in [2.24, 2.45) is 0 Å². The Kier molecular flexibility index (Phi) is 4.19. The Bertz CT molecular complexity index is 473. The number of non-ortho nitro benzene ring substituents is 1. The highest BCUT2D eigenvalue weighted by atomic mass is 32.2. The van der Waals surface area contributed by atoms with Crippen LogP contribution < -0.4 is 11.1 Å². The maximum Gasteiger partial charge on any atom is 0.273 e. The summed E-state index contributed by atoms with van der Waals surface area (Å²) in [4.78, 5) is 10.4. The summed E-state index contributed by atoms with van der Waals surface area (Å²) in [6, 6.07) is 4.67. The summed E-state index contributed by atoms with van der Waals surface area (Å²) in [5, 5.41) is 14.1. The summed E-state index contributed by atoms with van der Waals surface area (Å²) in [7, 11) is 0. The van der Waals surface area contributed by atoms with Gasteiger partial charge in [0.25, 0.3) is 5.69 Å². The van der Waals surface area contributed by atoms with Gasteiger partial charge in [0.2, 0.25) is 0 Å². The van der Waals surface area contributed by atoms with E-state index < -0.39 is 4.92 Å². The topological polar surface area (TPSA) is 81.2 Å². The Morgan fingerprint density at radius 1 is 1.42 bits per heavy atom. The third kappa shape index (κ3) is 3.32. The standard InChI is InChI=1S/C13H19N3O2S/c1-19-13(4-2-3-5-13)9-15-11-6-10(14)7-12(8-11)16(17)18/h6-8,15H,2-5,9,14H2,1H3. The lowest BCUT2D eigenvalue weighted by molar-refractivity contribution is -0.384. The molecule has 0 heterocycles. The Morgan fingerprint density at radius 3 is 2.68 bits per heavy atom. The number of nitrogen functional groups attached to an aromatic ring is 1. The highest BCUT2D eigenvalue weighted by molar-refractivity contribution is 8.00. The van der Waals surface area contributed by atoms with Gasteiger partial charge in [0, 0.05) is 34.8 Å². The van der Waals surface area contributed by atoms with Crippen LogP contribution in [0.2, 0.25) is 0 Å². The van der Waals surface area contributed by atoms with Crippen LogP contribution in [0.15, 0.2) is 18.2 Å². The van der Waals surface area contributed by atoms with E-state index in [-0.39, 0.29) is 10.4 Å². The van der Waals surface area contributed by atoms with Gasteiger partial charge in [-0.1, -0.05) is 12.8 Å². The van der Waals surface area contributed by atoms with Gasteiger partial charge in [0.15, 0.2) is 0 Å². The van der Waals surface area contributed by atoms with E-state index in [4.69, 9.17) is 5.73 Å². The first kappa shape index (κ1) is 14.0. The molecule has 0 aliphatic heterocycles. The van der Waals surface area contributed by atoms with Crippen molar-refractivity contribution in [3.8, 4) is 0 Å². The van der Waals surface area contributed by atoms with Gasteiger partial charge in [-0.05, 0) is 25.2 Å². The van der Waals surface area contributed by atoms with Crippen LogP contribution in [0.3, 0.4) is 0 Å². The number of hydrogen-bond donors (Lipinski definition) is 2. The zero-order chi connectivity index (χ0) is 13.9. The molecule has 1 fully saturated rings. The molecular weight excluding hydrogens is 262 g/mol. The van der Waals surface area contributed by atoms with E-state index in [1.54, 1.807) is 12.1 Å². The minimum absolute atomic E-state index is 0.0344. The average Bonchev–Trinajstić information content (AvgIpc) is 2.85. The van der Waals surface area contributed by atoms with Crippen LogP contribution >= 0.6 is 11.8 Å². The van der Waals surface area contributed by atoms with E-state index in [0.717, 1.165) is 12.2 Å². The molecule has 0 radical (unpaired) electrons. The van der Waals surface area contributed by atoms with Crippen LogP contribution in [0.4, 0.5) is 17.1 Å². The van der Waals surface area contributed by atoms with Gasteiger partial charge in [-0.25, -0.2) is 0 Å². The van der Waals surface area contributed by atoms with Crippen molar-refractivity contribution >= 4 is 28.8 Å². The number of nitrogens with one attached hydrogen (secondary N) is 1. The zero-order valence-corrected chi connectivity index (χ0v) is 11.8. The van der Waals surface area contributed by atoms with E-state index >= 15 is 0 Å². The number of nitrogens with two attached hydrogens (primary N) is 1. The molecule has 0 aromatic heterocycles. The number of thioether (sulfide) groups is 1. The first-order valence-electron chi connectivity index (χ1n) is 6.39. The Balaban J connectivity index is 2.08. The second-order valence-electron chi connectivity index (χ2n) is 5.02. The quantitative estimate of drug-likeness (QED) is 0.492. The molecule has 0 amide bonds. The lowest BCUT2D eigenvalue weighted by atomic mass is 10.1. The lowest BCUT2D eigenvalue weighted by Crippen LogP contribution is -2.30. The second-order valence-corrected chi connectivity index (χ2v) is 6.29. The van der Waals surface area contributed by atoms with Crippen LogP contribution in [-0.2, 0) is 0 Å².